The Bertz CT molecular complexity index is 575. The highest BCUT2D eigenvalue weighted by Gasteiger charge is 2.24. The summed E-state index contributed by atoms with van der Waals surface area (Å²) in [5, 5.41) is 1.25. The van der Waals surface area contributed by atoms with Crippen molar-refractivity contribution in [2.75, 3.05) is 13.7 Å². The molecule has 1 aromatic carbocycles. The highest BCUT2D eigenvalue weighted by atomic mass is 16.5. The number of rotatable bonds is 3. The number of hydrogen-bond acceptors (Lipinski definition) is 2. The van der Waals surface area contributed by atoms with Gasteiger partial charge >= 0.3 is 0 Å². The fraction of sp³-hybridized carbons (Fsp3) is 0.529. The first-order valence-corrected chi connectivity index (χ1v) is 7.68. The summed E-state index contributed by atoms with van der Waals surface area (Å²) >= 11 is 0. The van der Waals surface area contributed by atoms with E-state index >= 15 is 0 Å². The van der Waals surface area contributed by atoms with Crippen molar-refractivity contribution in [2.24, 2.45) is 11.7 Å². The molecule has 0 radical (unpaired) electrons. The standard InChI is InChI=1S/C17H24N2O/c1-20-15-7-8-17-13(11-15)9-10-19(17)16-6-4-2-3-5-14(16)12-18/h7-11,14,16H,2-6,12,18H2,1H3. The summed E-state index contributed by atoms with van der Waals surface area (Å²) in [5.74, 6) is 1.53. The molecule has 1 aromatic heterocycles. The second-order valence-electron chi connectivity index (χ2n) is 5.85. The third kappa shape index (κ3) is 2.42. The Balaban J connectivity index is 1.99. The van der Waals surface area contributed by atoms with Crippen molar-refractivity contribution in [3.05, 3.63) is 30.5 Å². The van der Waals surface area contributed by atoms with E-state index in [1.165, 1.54) is 43.0 Å². The number of hydrogen-bond donors (Lipinski definition) is 1. The van der Waals surface area contributed by atoms with Crippen molar-refractivity contribution in [2.45, 2.75) is 38.1 Å². The summed E-state index contributed by atoms with van der Waals surface area (Å²) in [4.78, 5) is 0. The fourth-order valence-electron chi connectivity index (χ4n) is 3.56. The lowest BCUT2D eigenvalue weighted by atomic mass is 9.94. The number of methoxy groups -OCH3 is 1. The predicted molar refractivity (Wildman–Crippen MR) is 83.2 cm³/mol. The minimum absolute atomic E-state index is 0.549. The zero-order valence-corrected chi connectivity index (χ0v) is 12.2. The Labute approximate surface area is 120 Å². The molecular weight excluding hydrogens is 248 g/mol. The smallest absolute Gasteiger partial charge is 0.119 e. The molecule has 2 aromatic rings. The number of nitrogens with zero attached hydrogens (tertiary/aromatic N) is 1. The lowest BCUT2D eigenvalue weighted by Crippen LogP contribution is -2.25. The minimum atomic E-state index is 0.549. The van der Waals surface area contributed by atoms with Crippen LogP contribution in [0.2, 0.25) is 0 Å². The molecule has 0 aliphatic heterocycles. The van der Waals surface area contributed by atoms with Gasteiger partial charge in [0.05, 0.1) is 7.11 Å². The highest BCUT2D eigenvalue weighted by Crippen LogP contribution is 2.35. The number of fused-ring (bicyclic) bond motifs is 1. The molecule has 1 aliphatic rings. The van der Waals surface area contributed by atoms with Crippen LogP contribution >= 0.6 is 0 Å². The molecule has 1 heterocycles. The van der Waals surface area contributed by atoms with E-state index in [1.54, 1.807) is 7.11 Å². The van der Waals surface area contributed by atoms with Crippen molar-refractivity contribution < 1.29 is 4.74 Å². The van der Waals surface area contributed by atoms with Crippen LogP contribution in [0, 0.1) is 5.92 Å². The lowest BCUT2D eigenvalue weighted by molar-refractivity contribution is 0.324. The van der Waals surface area contributed by atoms with Crippen molar-refractivity contribution >= 4 is 10.9 Å². The molecule has 0 spiro atoms. The van der Waals surface area contributed by atoms with Gasteiger partial charge < -0.3 is 15.0 Å². The van der Waals surface area contributed by atoms with Crippen LogP contribution in [-0.4, -0.2) is 18.2 Å². The molecule has 2 N–H and O–H groups in total. The number of ether oxygens (including phenoxy) is 1. The quantitative estimate of drug-likeness (QED) is 0.865. The van der Waals surface area contributed by atoms with Gasteiger partial charge in [-0.3, -0.25) is 0 Å². The third-order valence-corrected chi connectivity index (χ3v) is 4.71. The van der Waals surface area contributed by atoms with Gasteiger partial charge in [0.2, 0.25) is 0 Å². The fourth-order valence-corrected chi connectivity index (χ4v) is 3.56. The summed E-state index contributed by atoms with van der Waals surface area (Å²) in [6.07, 6.45) is 8.72. The topological polar surface area (TPSA) is 40.2 Å². The maximum Gasteiger partial charge on any atom is 0.119 e. The van der Waals surface area contributed by atoms with Crippen molar-refractivity contribution in [3.8, 4) is 5.75 Å². The Kier molecular flexibility index (Phi) is 3.97. The average molecular weight is 272 g/mol. The Morgan fingerprint density at radius 1 is 1.20 bits per heavy atom. The highest BCUT2D eigenvalue weighted by molar-refractivity contribution is 5.81. The van der Waals surface area contributed by atoms with E-state index in [0.717, 1.165) is 12.3 Å². The van der Waals surface area contributed by atoms with Crippen LogP contribution in [0.25, 0.3) is 10.9 Å². The zero-order chi connectivity index (χ0) is 13.9. The molecule has 108 valence electrons. The molecule has 1 saturated carbocycles. The molecule has 0 bridgehead atoms. The Morgan fingerprint density at radius 3 is 2.85 bits per heavy atom. The molecule has 2 atom stereocenters. The van der Waals surface area contributed by atoms with Crippen LogP contribution in [0.4, 0.5) is 0 Å². The van der Waals surface area contributed by atoms with Gasteiger partial charge in [0, 0.05) is 23.1 Å². The van der Waals surface area contributed by atoms with Crippen LogP contribution < -0.4 is 10.5 Å². The van der Waals surface area contributed by atoms with Crippen LogP contribution in [0.5, 0.6) is 5.75 Å². The second kappa shape index (κ2) is 5.88. The monoisotopic (exact) mass is 272 g/mol. The van der Waals surface area contributed by atoms with Crippen LogP contribution in [0.1, 0.15) is 38.1 Å². The van der Waals surface area contributed by atoms with E-state index in [4.69, 9.17) is 10.5 Å². The molecule has 20 heavy (non-hydrogen) atoms. The van der Waals surface area contributed by atoms with Gasteiger partial charge in [-0.1, -0.05) is 19.3 Å². The first-order valence-electron chi connectivity index (χ1n) is 7.68. The van der Waals surface area contributed by atoms with Crippen molar-refractivity contribution in [1.29, 1.82) is 0 Å². The van der Waals surface area contributed by atoms with Gasteiger partial charge in [-0.25, -0.2) is 0 Å². The summed E-state index contributed by atoms with van der Waals surface area (Å²) in [6, 6.07) is 9.07. The Hall–Kier alpha value is -1.48. The zero-order valence-electron chi connectivity index (χ0n) is 12.2. The lowest BCUT2D eigenvalue weighted by Gasteiger charge is -2.26. The molecule has 3 heteroatoms. The van der Waals surface area contributed by atoms with Gasteiger partial charge in [0.15, 0.2) is 0 Å². The van der Waals surface area contributed by atoms with Gasteiger partial charge in [0.25, 0.3) is 0 Å². The van der Waals surface area contributed by atoms with E-state index in [1.807, 2.05) is 6.07 Å². The predicted octanol–water partition coefficient (Wildman–Crippen LogP) is 3.73. The van der Waals surface area contributed by atoms with E-state index in [9.17, 15) is 0 Å². The van der Waals surface area contributed by atoms with Crippen LogP contribution in [-0.2, 0) is 0 Å². The van der Waals surface area contributed by atoms with Gasteiger partial charge in [-0.05, 0) is 49.6 Å². The SMILES string of the molecule is COc1ccc2c(ccn2C2CCCCCC2CN)c1. The minimum Gasteiger partial charge on any atom is -0.497 e. The average Bonchev–Trinajstić information content (AvgIpc) is 2.75. The summed E-state index contributed by atoms with van der Waals surface area (Å²) in [6.45, 7) is 0.792. The summed E-state index contributed by atoms with van der Waals surface area (Å²) in [5.41, 5.74) is 7.33. The molecule has 0 amide bonds. The summed E-state index contributed by atoms with van der Waals surface area (Å²) < 4.78 is 7.75. The summed E-state index contributed by atoms with van der Waals surface area (Å²) in [7, 11) is 1.72. The van der Waals surface area contributed by atoms with Crippen LogP contribution in [0.15, 0.2) is 30.5 Å². The third-order valence-electron chi connectivity index (χ3n) is 4.71. The molecule has 2 unspecified atom stereocenters. The largest absolute Gasteiger partial charge is 0.497 e. The van der Waals surface area contributed by atoms with E-state index < -0.39 is 0 Å². The number of benzene rings is 1. The van der Waals surface area contributed by atoms with E-state index in [2.05, 4.69) is 29.0 Å². The molecule has 1 fully saturated rings. The van der Waals surface area contributed by atoms with Gasteiger partial charge in [0.1, 0.15) is 5.75 Å². The van der Waals surface area contributed by atoms with Crippen LogP contribution in [0.3, 0.4) is 0 Å². The first-order chi connectivity index (χ1) is 9.83. The van der Waals surface area contributed by atoms with Gasteiger partial charge in [-0.15, -0.1) is 0 Å². The molecule has 3 rings (SSSR count). The normalized spacial score (nSPS) is 23.7. The molecule has 3 nitrogen and oxygen atoms in total. The molecule has 1 aliphatic carbocycles. The first kappa shape index (κ1) is 13.5. The van der Waals surface area contributed by atoms with Gasteiger partial charge in [-0.2, -0.15) is 0 Å². The maximum atomic E-state index is 6.03. The van der Waals surface area contributed by atoms with Crippen molar-refractivity contribution in [1.82, 2.24) is 4.57 Å². The molecular formula is C17H24N2O. The second-order valence-corrected chi connectivity index (χ2v) is 5.85. The Morgan fingerprint density at radius 2 is 2.05 bits per heavy atom. The van der Waals surface area contributed by atoms with E-state index in [-0.39, 0.29) is 0 Å². The van der Waals surface area contributed by atoms with E-state index in [0.29, 0.717) is 12.0 Å². The maximum absolute atomic E-state index is 6.03. The number of aromatic nitrogens is 1. The molecule has 0 saturated heterocycles. The number of nitrogens with two attached hydrogens (primary N) is 1. The van der Waals surface area contributed by atoms with Crippen molar-refractivity contribution in [3.63, 3.8) is 0 Å².